The standard InChI is InChI=1S/C21H28N2O2/c1-21(2,3)19(18-11-6-5-7-12-18)23-20(24)22-14-16-9-8-10-17(13-16)15-25-4/h5-13,19H,14-15H2,1-4H3,(H2,22,23,24). The van der Waals surface area contributed by atoms with Gasteiger partial charge in [0.1, 0.15) is 0 Å². The van der Waals surface area contributed by atoms with Crippen molar-refractivity contribution in [2.24, 2.45) is 5.41 Å². The minimum absolute atomic E-state index is 0.0616. The number of hydrogen-bond acceptors (Lipinski definition) is 2. The van der Waals surface area contributed by atoms with Gasteiger partial charge in [0.15, 0.2) is 0 Å². The summed E-state index contributed by atoms with van der Waals surface area (Å²) in [5.74, 6) is 0. The van der Waals surface area contributed by atoms with E-state index in [1.807, 2.05) is 54.6 Å². The van der Waals surface area contributed by atoms with Crippen LogP contribution in [0.3, 0.4) is 0 Å². The fourth-order valence-corrected chi connectivity index (χ4v) is 2.81. The number of benzene rings is 2. The molecule has 4 heteroatoms. The van der Waals surface area contributed by atoms with Gasteiger partial charge in [-0.15, -0.1) is 0 Å². The summed E-state index contributed by atoms with van der Waals surface area (Å²) >= 11 is 0. The van der Waals surface area contributed by atoms with Crippen LogP contribution in [0.2, 0.25) is 0 Å². The van der Waals surface area contributed by atoms with Gasteiger partial charge in [-0.25, -0.2) is 4.79 Å². The van der Waals surface area contributed by atoms with Crippen LogP contribution in [0.25, 0.3) is 0 Å². The Hall–Kier alpha value is -2.33. The van der Waals surface area contributed by atoms with Gasteiger partial charge in [0.2, 0.25) is 0 Å². The Morgan fingerprint density at radius 3 is 2.36 bits per heavy atom. The van der Waals surface area contributed by atoms with Gasteiger partial charge in [-0.05, 0) is 22.1 Å². The molecule has 2 aromatic carbocycles. The summed E-state index contributed by atoms with van der Waals surface area (Å²) in [5.41, 5.74) is 3.17. The minimum Gasteiger partial charge on any atom is -0.380 e. The van der Waals surface area contributed by atoms with Crippen molar-refractivity contribution in [1.29, 1.82) is 0 Å². The fraction of sp³-hybridized carbons (Fsp3) is 0.381. The highest BCUT2D eigenvalue weighted by Gasteiger charge is 2.27. The number of hydrogen-bond donors (Lipinski definition) is 2. The molecular formula is C21H28N2O2. The van der Waals surface area contributed by atoms with E-state index < -0.39 is 0 Å². The number of rotatable bonds is 6. The smallest absolute Gasteiger partial charge is 0.315 e. The van der Waals surface area contributed by atoms with E-state index in [4.69, 9.17) is 4.74 Å². The van der Waals surface area contributed by atoms with Crippen molar-refractivity contribution in [3.05, 3.63) is 71.3 Å². The first-order valence-electron chi connectivity index (χ1n) is 8.56. The molecule has 0 heterocycles. The van der Waals surface area contributed by atoms with Crippen LogP contribution in [0, 0.1) is 5.41 Å². The molecule has 0 aliphatic heterocycles. The van der Waals surface area contributed by atoms with Crippen LogP contribution >= 0.6 is 0 Å². The monoisotopic (exact) mass is 340 g/mol. The Morgan fingerprint density at radius 1 is 1.04 bits per heavy atom. The van der Waals surface area contributed by atoms with Crippen LogP contribution in [-0.2, 0) is 17.9 Å². The molecule has 2 amide bonds. The molecule has 0 saturated heterocycles. The molecule has 0 aliphatic rings. The Kier molecular flexibility index (Phi) is 6.59. The zero-order chi connectivity index (χ0) is 18.3. The van der Waals surface area contributed by atoms with Crippen molar-refractivity contribution in [2.75, 3.05) is 7.11 Å². The summed E-state index contributed by atoms with van der Waals surface area (Å²) in [6.07, 6.45) is 0. The average molecular weight is 340 g/mol. The maximum Gasteiger partial charge on any atom is 0.315 e. The lowest BCUT2D eigenvalue weighted by Gasteiger charge is -2.32. The van der Waals surface area contributed by atoms with Crippen LogP contribution in [0.15, 0.2) is 54.6 Å². The molecule has 1 atom stereocenters. The molecule has 0 saturated carbocycles. The summed E-state index contributed by atoms with van der Waals surface area (Å²) in [5, 5.41) is 6.06. The predicted octanol–water partition coefficient (Wildman–Crippen LogP) is 4.42. The Labute approximate surface area is 150 Å². The van der Waals surface area contributed by atoms with Gasteiger partial charge in [-0.3, -0.25) is 0 Å². The van der Waals surface area contributed by atoms with E-state index in [0.29, 0.717) is 13.2 Å². The second kappa shape index (κ2) is 8.67. The molecule has 0 bridgehead atoms. The number of methoxy groups -OCH3 is 1. The highest BCUT2D eigenvalue weighted by Crippen LogP contribution is 2.32. The summed E-state index contributed by atoms with van der Waals surface area (Å²) in [7, 11) is 1.68. The van der Waals surface area contributed by atoms with Crippen molar-refractivity contribution in [3.63, 3.8) is 0 Å². The zero-order valence-corrected chi connectivity index (χ0v) is 15.5. The zero-order valence-electron chi connectivity index (χ0n) is 15.5. The van der Waals surface area contributed by atoms with Gasteiger partial charge in [0, 0.05) is 13.7 Å². The molecule has 134 valence electrons. The number of carbonyl (C=O) groups excluding carboxylic acids is 1. The first kappa shape index (κ1) is 19.0. The lowest BCUT2D eigenvalue weighted by Crippen LogP contribution is -2.42. The van der Waals surface area contributed by atoms with Gasteiger partial charge in [0.25, 0.3) is 0 Å². The maximum absolute atomic E-state index is 12.4. The molecule has 0 fully saturated rings. The number of amides is 2. The molecule has 2 N–H and O–H groups in total. The molecule has 1 unspecified atom stereocenters. The highest BCUT2D eigenvalue weighted by molar-refractivity contribution is 5.74. The first-order chi connectivity index (χ1) is 11.9. The molecule has 25 heavy (non-hydrogen) atoms. The van der Waals surface area contributed by atoms with Crippen molar-refractivity contribution < 1.29 is 9.53 Å². The van der Waals surface area contributed by atoms with E-state index >= 15 is 0 Å². The third-order valence-corrected chi connectivity index (χ3v) is 4.03. The summed E-state index contributed by atoms with van der Waals surface area (Å²) in [4.78, 5) is 12.4. The van der Waals surface area contributed by atoms with Crippen molar-refractivity contribution in [2.45, 2.75) is 40.0 Å². The maximum atomic E-state index is 12.4. The van der Waals surface area contributed by atoms with Crippen molar-refractivity contribution in [3.8, 4) is 0 Å². The van der Waals surface area contributed by atoms with E-state index in [1.165, 1.54) is 0 Å². The second-order valence-electron chi connectivity index (χ2n) is 7.29. The summed E-state index contributed by atoms with van der Waals surface area (Å²) in [6, 6.07) is 17.9. The van der Waals surface area contributed by atoms with E-state index in [-0.39, 0.29) is 17.5 Å². The van der Waals surface area contributed by atoms with Crippen LogP contribution in [-0.4, -0.2) is 13.1 Å². The second-order valence-corrected chi connectivity index (χ2v) is 7.29. The molecule has 0 aliphatic carbocycles. The van der Waals surface area contributed by atoms with Crippen molar-refractivity contribution in [1.82, 2.24) is 10.6 Å². The van der Waals surface area contributed by atoms with Crippen LogP contribution in [0.4, 0.5) is 4.79 Å². The molecular weight excluding hydrogens is 312 g/mol. The van der Waals surface area contributed by atoms with Gasteiger partial charge in [-0.1, -0.05) is 75.4 Å². The quantitative estimate of drug-likeness (QED) is 0.818. The average Bonchev–Trinajstić information content (AvgIpc) is 2.58. The summed E-state index contributed by atoms with van der Waals surface area (Å²) in [6.45, 7) is 7.42. The van der Waals surface area contributed by atoms with Crippen LogP contribution in [0.5, 0.6) is 0 Å². The van der Waals surface area contributed by atoms with E-state index in [1.54, 1.807) is 7.11 Å². The van der Waals surface area contributed by atoms with Crippen molar-refractivity contribution >= 4 is 6.03 Å². The SMILES string of the molecule is COCc1cccc(CNC(=O)NC(c2ccccc2)C(C)(C)C)c1. The van der Waals surface area contributed by atoms with Gasteiger partial charge in [0.05, 0.1) is 12.6 Å². The minimum atomic E-state index is -0.166. The number of urea groups is 1. The molecule has 0 aromatic heterocycles. The third-order valence-electron chi connectivity index (χ3n) is 4.03. The fourth-order valence-electron chi connectivity index (χ4n) is 2.81. The largest absolute Gasteiger partial charge is 0.380 e. The molecule has 0 spiro atoms. The lowest BCUT2D eigenvalue weighted by molar-refractivity contribution is 0.185. The number of carbonyl (C=O) groups is 1. The Balaban J connectivity index is 1.99. The van der Waals surface area contributed by atoms with Gasteiger partial charge < -0.3 is 15.4 Å². The number of ether oxygens (including phenoxy) is 1. The third kappa shape index (κ3) is 5.91. The Bertz CT molecular complexity index is 678. The van der Waals surface area contributed by atoms with Gasteiger partial charge >= 0.3 is 6.03 Å². The Morgan fingerprint density at radius 2 is 1.72 bits per heavy atom. The number of nitrogens with one attached hydrogen (secondary N) is 2. The van der Waals surface area contributed by atoms with E-state index in [2.05, 4.69) is 31.4 Å². The van der Waals surface area contributed by atoms with Crippen LogP contribution < -0.4 is 10.6 Å². The molecule has 4 nitrogen and oxygen atoms in total. The topological polar surface area (TPSA) is 50.4 Å². The predicted molar refractivity (Wildman–Crippen MR) is 101 cm³/mol. The van der Waals surface area contributed by atoms with Crippen LogP contribution in [0.1, 0.15) is 43.5 Å². The molecule has 2 aromatic rings. The first-order valence-corrected chi connectivity index (χ1v) is 8.56. The normalized spacial score (nSPS) is 12.5. The van der Waals surface area contributed by atoms with Gasteiger partial charge in [-0.2, -0.15) is 0 Å². The lowest BCUT2D eigenvalue weighted by atomic mass is 9.82. The molecule has 2 rings (SSSR count). The van der Waals surface area contributed by atoms with E-state index in [0.717, 1.165) is 16.7 Å². The molecule has 0 radical (unpaired) electrons. The van der Waals surface area contributed by atoms with E-state index in [9.17, 15) is 4.79 Å². The highest BCUT2D eigenvalue weighted by atomic mass is 16.5. The summed E-state index contributed by atoms with van der Waals surface area (Å²) < 4.78 is 5.15.